The minimum Gasteiger partial charge on any atom is -0.507 e. The summed E-state index contributed by atoms with van der Waals surface area (Å²) in [5.74, 6) is -0.512. The molecular weight excluding hydrogens is 719 g/mol. The molecule has 0 aliphatic rings. The van der Waals surface area contributed by atoms with Crippen LogP contribution in [0.2, 0.25) is 0 Å². The zero-order valence-electron chi connectivity index (χ0n) is 50.8. The van der Waals surface area contributed by atoms with Gasteiger partial charge in [0.2, 0.25) is 0 Å². The van der Waals surface area contributed by atoms with Crippen LogP contribution in [0.1, 0.15) is 125 Å². The smallest absolute Gasteiger partial charge is 0.149 e. The highest BCUT2D eigenvalue weighted by molar-refractivity contribution is 5.97. The summed E-state index contributed by atoms with van der Waals surface area (Å²) in [5, 5.41) is 12.2. The van der Waals surface area contributed by atoms with E-state index in [4.69, 9.17) is 25.5 Å². The number of nitrogens with zero attached hydrogens (tertiary/aromatic N) is 3. The molecule has 0 bridgehead atoms. The van der Waals surface area contributed by atoms with Gasteiger partial charge in [0.05, 0.1) is 31.9 Å². The van der Waals surface area contributed by atoms with E-state index in [1.54, 1.807) is 24.3 Å². The van der Waals surface area contributed by atoms with Gasteiger partial charge in [-0.3, -0.25) is 9.55 Å². The second kappa shape index (κ2) is 15.8. The Bertz CT molecular complexity index is 3520. The summed E-state index contributed by atoms with van der Waals surface area (Å²) in [6.45, 7) is 0.0476. The molecule has 8 rings (SSSR count). The minimum atomic E-state index is -3.92. The average molecular weight is 791 g/mol. The Hall–Kier alpha value is -6.26. The van der Waals surface area contributed by atoms with Crippen molar-refractivity contribution < 1.29 is 28.4 Å². The van der Waals surface area contributed by atoms with Crippen molar-refractivity contribution in [3.05, 3.63) is 168 Å². The van der Waals surface area contributed by atoms with Gasteiger partial charge in [-0.2, -0.15) is 0 Å². The van der Waals surface area contributed by atoms with Crippen molar-refractivity contribution in [3.8, 4) is 67.5 Å². The lowest BCUT2D eigenvalue weighted by Gasteiger charge is -2.19. The lowest BCUT2D eigenvalue weighted by atomic mass is 9.86. The second-order valence-electron chi connectivity index (χ2n) is 15.7. The van der Waals surface area contributed by atoms with Gasteiger partial charge in [0.1, 0.15) is 11.6 Å². The molecule has 6 aromatic carbocycles. The number of aromatic hydroxyl groups is 1. The molecule has 0 unspecified atom stereocenters. The second-order valence-corrected chi connectivity index (χ2v) is 15.7. The summed E-state index contributed by atoms with van der Waals surface area (Å²) < 4.78 is 148. The van der Waals surface area contributed by atoms with Crippen molar-refractivity contribution in [2.24, 2.45) is 0 Å². The Morgan fingerprint density at radius 3 is 2.08 bits per heavy atom. The van der Waals surface area contributed by atoms with E-state index in [1.165, 1.54) is 0 Å². The highest BCUT2D eigenvalue weighted by Gasteiger charge is 2.24. The van der Waals surface area contributed by atoms with Crippen molar-refractivity contribution in [1.29, 1.82) is 0 Å². The SMILES string of the molecule is [2H]c1nc(-c2cccc(-c3cccc4c3nc(-c3cc(C(C)C)cc(C(C)C)c3O)n4-c3cc(-c4ccccc4)cc(C([2H])(C)C)c3)c2)c([2H])c(-c2c([2H])c([2H])c(C(C([2H])([2H])[2H])(C([2H])([2H])[2H])C([2H])([2H])[2H])c([2H])c2[2H])c1[2H]. The third kappa shape index (κ3) is 7.84. The standard InChI is InChI=1S/C55H55N3O/c1-34(2)42-28-44(37-15-11-10-12-16-37)30-46(29-42)58-51-20-14-19-47(52(51)57-54(58)49-32-43(35(3)4)31-48(36(5)6)53(49)59)40-17-13-18-41(27-40)50-33-39(25-26-56-50)38-21-23-45(24-22-38)55(7,8)9/h10-36,59H,1-9H3/i7D3,8D3,9D3,21D,22D,23D,24D,25D,26D,33D,34D. The number of para-hydroxylation sites is 1. The first kappa shape index (κ1) is 24.0. The Morgan fingerprint density at radius 1 is 0.644 bits per heavy atom. The molecule has 59 heavy (non-hydrogen) atoms. The van der Waals surface area contributed by atoms with Crippen molar-refractivity contribution >= 4 is 11.0 Å². The molecule has 1 N–H and O–H groups in total. The molecule has 4 heteroatoms. The number of imidazole rings is 1. The molecule has 8 aromatic rings. The highest BCUT2D eigenvalue weighted by atomic mass is 16.3. The molecule has 0 saturated carbocycles. The number of aromatic nitrogens is 3. The molecule has 0 saturated heterocycles. The van der Waals surface area contributed by atoms with Crippen LogP contribution in [0.25, 0.3) is 72.7 Å². The number of benzene rings is 6. The van der Waals surface area contributed by atoms with Crippen LogP contribution in [0.3, 0.4) is 0 Å². The van der Waals surface area contributed by atoms with Crippen LogP contribution in [0, 0.1) is 0 Å². The van der Waals surface area contributed by atoms with Crippen LogP contribution in [0.15, 0.2) is 146 Å². The fourth-order valence-electron chi connectivity index (χ4n) is 7.26. The van der Waals surface area contributed by atoms with Crippen molar-refractivity contribution in [2.75, 3.05) is 0 Å². The summed E-state index contributed by atoms with van der Waals surface area (Å²) in [6, 6.07) is 25.8. The van der Waals surface area contributed by atoms with E-state index in [0.29, 0.717) is 39.2 Å². The van der Waals surface area contributed by atoms with Gasteiger partial charge >= 0.3 is 0 Å². The van der Waals surface area contributed by atoms with Gasteiger partial charge in [-0.25, -0.2) is 4.98 Å². The van der Waals surface area contributed by atoms with Gasteiger partial charge in [-0.1, -0.05) is 159 Å². The van der Waals surface area contributed by atoms with Gasteiger partial charge in [0.15, 0.2) is 0 Å². The number of pyridine rings is 1. The minimum absolute atomic E-state index is 0.0540. The molecule has 0 amide bonds. The van der Waals surface area contributed by atoms with Crippen LogP contribution in [-0.2, 0) is 5.41 Å². The number of phenols is 1. The summed E-state index contributed by atoms with van der Waals surface area (Å²) in [4.78, 5) is 9.65. The molecule has 296 valence electrons. The summed E-state index contributed by atoms with van der Waals surface area (Å²) in [6.07, 6.45) is -0.739. The Kier molecular flexibility index (Phi) is 6.43. The van der Waals surface area contributed by atoms with Crippen molar-refractivity contribution in [2.45, 2.75) is 85.2 Å². The van der Waals surface area contributed by atoms with Crippen LogP contribution in [-0.4, -0.2) is 19.6 Å². The van der Waals surface area contributed by atoms with Crippen molar-refractivity contribution in [1.82, 2.24) is 14.5 Å². The fraction of sp³-hybridized carbons (Fsp3) is 0.236. The topological polar surface area (TPSA) is 50.9 Å². The van der Waals surface area contributed by atoms with E-state index in [1.807, 2.05) is 111 Å². The number of rotatable bonds is 9. The van der Waals surface area contributed by atoms with Crippen LogP contribution in [0.4, 0.5) is 0 Å². The quantitative estimate of drug-likeness (QED) is 0.158. The Morgan fingerprint density at radius 2 is 1.37 bits per heavy atom. The number of fused-ring (bicyclic) bond motifs is 1. The van der Waals surface area contributed by atoms with E-state index in [9.17, 15) is 7.85 Å². The van der Waals surface area contributed by atoms with E-state index in [2.05, 4.69) is 18.8 Å². The maximum atomic E-state index is 12.2. The summed E-state index contributed by atoms with van der Waals surface area (Å²) >= 11 is 0. The third-order valence-electron chi connectivity index (χ3n) is 10.5. The molecule has 0 aliphatic carbocycles. The molecule has 4 nitrogen and oxygen atoms in total. The molecular formula is C55H55N3O. The van der Waals surface area contributed by atoms with Gasteiger partial charge in [-0.15, -0.1) is 0 Å². The normalized spacial score (nSPS) is 17.0. The van der Waals surface area contributed by atoms with E-state index in [0.717, 1.165) is 27.8 Å². The van der Waals surface area contributed by atoms with Gasteiger partial charge < -0.3 is 5.11 Å². The zero-order chi connectivity index (χ0) is 56.1. The molecule has 0 radical (unpaired) electrons. The first-order valence-corrected chi connectivity index (χ1v) is 19.5. The largest absolute Gasteiger partial charge is 0.507 e. The van der Waals surface area contributed by atoms with Gasteiger partial charge in [0, 0.05) is 36.7 Å². The van der Waals surface area contributed by atoms with E-state index >= 15 is 0 Å². The lowest BCUT2D eigenvalue weighted by molar-refractivity contribution is 0.466. The molecule has 2 heterocycles. The van der Waals surface area contributed by atoms with Crippen molar-refractivity contribution in [3.63, 3.8) is 0 Å². The molecule has 0 atom stereocenters. The zero-order valence-corrected chi connectivity index (χ0v) is 33.8. The number of phenolic OH excluding ortho intramolecular Hbond substituents is 1. The molecule has 2 aromatic heterocycles. The molecule has 0 aliphatic heterocycles. The van der Waals surface area contributed by atoms with E-state index < -0.39 is 91.0 Å². The predicted molar refractivity (Wildman–Crippen MR) is 249 cm³/mol. The Balaban J connectivity index is 1.39. The van der Waals surface area contributed by atoms with Gasteiger partial charge in [-0.05, 0) is 116 Å². The van der Waals surface area contributed by atoms with Crippen LogP contribution in [0.5, 0.6) is 5.75 Å². The first-order chi connectivity index (χ1) is 35.2. The number of hydrogen-bond donors (Lipinski definition) is 1. The predicted octanol–water partition coefficient (Wildman–Crippen LogP) is 15.1. The molecule has 0 spiro atoms. The summed E-state index contributed by atoms with van der Waals surface area (Å²) in [5.41, 5.74) is 0.993. The maximum absolute atomic E-state index is 12.2. The maximum Gasteiger partial charge on any atom is 0.149 e. The average Bonchev–Trinajstić information content (AvgIpc) is 3.72. The van der Waals surface area contributed by atoms with Crippen LogP contribution >= 0.6 is 0 Å². The van der Waals surface area contributed by atoms with Gasteiger partial charge in [0.25, 0.3) is 0 Å². The monoisotopic (exact) mass is 791 g/mol. The van der Waals surface area contributed by atoms with Crippen LogP contribution < -0.4 is 0 Å². The summed E-state index contributed by atoms with van der Waals surface area (Å²) in [7, 11) is 0. The Labute approximate surface area is 374 Å². The highest BCUT2D eigenvalue weighted by Crippen LogP contribution is 2.43. The first-order valence-electron chi connectivity index (χ1n) is 28.0. The molecule has 0 fully saturated rings. The lowest BCUT2D eigenvalue weighted by Crippen LogP contribution is -2.10. The van der Waals surface area contributed by atoms with E-state index in [-0.39, 0.29) is 28.8 Å². The number of hydrogen-bond acceptors (Lipinski definition) is 3. The fourth-order valence-corrected chi connectivity index (χ4v) is 7.26. The third-order valence-corrected chi connectivity index (χ3v) is 10.5.